The molecule has 1 unspecified atom stereocenters. The standard InChI is InChI=1S/C25H32N8O2S/c1-32(2)16-6-8-33(9-7-16)25(34)14-4-5-17-19(11-14)36-24-20(17)22(26-13-27-24)29-18-10-15-12-28-31-21(15)30-23(18)35-3/h10,12-14,16,25,34H,4-9,11H2,1-3H3,(H,26,27,29)(H,28,30,31)/t14-,25?/m0/s1. The number of piperidine rings is 1. The number of H-pyrrole nitrogens is 1. The molecular formula is C25H32N8O2S. The van der Waals surface area contributed by atoms with Crippen LogP contribution in [-0.4, -0.2) is 86.6 Å². The SMILES string of the molecule is COc1nc2[nH]ncc2cc1Nc1ncnc2sc3c(c12)CC[C@H](C(O)N1CCC(N(C)C)CC1)C3. The van der Waals surface area contributed by atoms with Gasteiger partial charge in [-0.05, 0) is 57.8 Å². The van der Waals surface area contributed by atoms with Gasteiger partial charge in [0.1, 0.15) is 28.9 Å². The summed E-state index contributed by atoms with van der Waals surface area (Å²) in [6, 6.07) is 2.57. The zero-order chi connectivity index (χ0) is 24.8. The minimum Gasteiger partial charge on any atom is -0.479 e. The van der Waals surface area contributed by atoms with Crippen LogP contribution in [0.5, 0.6) is 5.88 Å². The molecule has 1 aliphatic carbocycles. The van der Waals surface area contributed by atoms with Gasteiger partial charge < -0.3 is 20.1 Å². The van der Waals surface area contributed by atoms with Gasteiger partial charge in [-0.25, -0.2) is 9.97 Å². The highest BCUT2D eigenvalue weighted by Gasteiger charge is 2.34. The topological polar surface area (TPSA) is 115 Å². The second-order valence-corrected chi connectivity index (χ2v) is 11.1. The number of aromatic nitrogens is 5. The van der Waals surface area contributed by atoms with Crippen molar-refractivity contribution in [2.75, 3.05) is 39.6 Å². The van der Waals surface area contributed by atoms with E-state index in [9.17, 15) is 5.11 Å². The molecule has 2 atom stereocenters. The van der Waals surface area contributed by atoms with Crippen molar-refractivity contribution < 1.29 is 9.84 Å². The van der Waals surface area contributed by atoms with Gasteiger partial charge in [0.2, 0.25) is 5.88 Å². The molecule has 11 heteroatoms. The Labute approximate surface area is 213 Å². The largest absolute Gasteiger partial charge is 0.479 e. The molecule has 10 nitrogen and oxygen atoms in total. The molecule has 0 bridgehead atoms. The molecule has 0 radical (unpaired) electrons. The van der Waals surface area contributed by atoms with E-state index in [1.807, 2.05) is 6.07 Å². The summed E-state index contributed by atoms with van der Waals surface area (Å²) in [6.45, 7) is 1.91. The van der Waals surface area contributed by atoms with Gasteiger partial charge in [-0.3, -0.25) is 10.00 Å². The summed E-state index contributed by atoms with van der Waals surface area (Å²) in [5.41, 5.74) is 2.70. The van der Waals surface area contributed by atoms with Crippen LogP contribution in [0.2, 0.25) is 0 Å². The predicted molar refractivity (Wildman–Crippen MR) is 141 cm³/mol. The van der Waals surface area contributed by atoms with Gasteiger partial charge in [-0.15, -0.1) is 11.3 Å². The first-order chi connectivity index (χ1) is 17.5. The third-order valence-corrected chi connectivity index (χ3v) is 8.91. The number of hydrogen-bond acceptors (Lipinski definition) is 10. The Kier molecular flexibility index (Phi) is 6.24. The van der Waals surface area contributed by atoms with Crippen molar-refractivity contribution in [3.8, 4) is 5.88 Å². The molecule has 6 rings (SSSR count). The highest BCUT2D eigenvalue weighted by Crippen LogP contribution is 2.42. The quantitative estimate of drug-likeness (QED) is 0.361. The number of ether oxygens (including phenoxy) is 1. The van der Waals surface area contributed by atoms with E-state index in [-0.39, 0.29) is 5.92 Å². The molecule has 1 fully saturated rings. The van der Waals surface area contributed by atoms with Crippen molar-refractivity contribution in [2.24, 2.45) is 5.92 Å². The summed E-state index contributed by atoms with van der Waals surface area (Å²) >= 11 is 1.72. The number of aryl methyl sites for hydroxylation is 1. The molecular weight excluding hydrogens is 476 g/mol. The van der Waals surface area contributed by atoms with E-state index in [4.69, 9.17) is 4.74 Å². The van der Waals surface area contributed by atoms with Crippen LogP contribution in [0.1, 0.15) is 29.7 Å². The number of rotatable bonds is 6. The molecule has 4 aromatic rings. The van der Waals surface area contributed by atoms with E-state index in [1.165, 1.54) is 10.4 Å². The van der Waals surface area contributed by atoms with Gasteiger partial charge in [0, 0.05) is 35.3 Å². The molecule has 190 valence electrons. The molecule has 36 heavy (non-hydrogen) atoms. The number of aromatic amines is 1. The average molecular weight is 509 g/mol. The Bertz CT molecular complexity index is 1380. The second kappa shape index (κ2) is 9.55. The van der Waals surface area contributed by atoms with Crippen LogP contribution in [0.15, 0.2) is 18.6 Å². The van der Waals surface area contributed by atoms with Crippen LogP contribution in [-0.2, 0) is 12.8 Å². The number of pyridine rings is 1. The summed E-state index contributed by atoms with van der Waals surface area (Å²) in [7, 11) is 5.90. The van der Waals surface area contributed by atoms with Crippen LogP contribution >= 0.6 is 11.3 Å². The van der Waals surface area contributed by atoms with E-state index < -0.39 is 6.23 Å². The molecule has 4 aromatic heterocycles. The number of nitrogens with zero attached hydrogens (tertiary/aromatic N) is 6. The lowest BCUT2D eigenvalue weighted by Gasteiger charge is -2.40. The van der Waals surface area contributed by atoms with Gasteiger partial charge in [0.15, 0.2) is 5.65 Å². The summed E-state index contributed by atoms with van der Waals surface area (Å²) in [6.07, 6.45) is 7.89. The highest BCUT2D eigenvalue weighted by molar-refractivity contribution is 7.19. The van der Waals surface area contributed by atoms with Crippen LogP contribution < -0.4 is 10.1 Å². The fourth-order valence-corrected chi connectivity index (χ4v) is 6.97. The molecule has 0 spiro atoms. The molecule has 5 heterocycles. The van der Waals surface area contributed by atoms with Gasteiger partial charge in [-0.1, -0.05) is 0 Å². The fourth-order valence-electron chi connectivity index (χ4n) is 5.69. The highest BCUT2D eigenvalue weighted by atomic mass is 32.1. The van der Waals surface area contributed by atoms with Crippen molar-refractivity contribution in [2.45, 2.75) is 44.4 Å². The minimum absolute atomic E-state index is 0.235. The minimum atomic E-state index is -0.396. The molecule has 2 aliphatic rings. The summed E-state index contributed by atoms with van der Waals surface area (Å²) < 4.78 is 5.52. The lowest BCUT2D eigenvalue weighted by Crippen LogP contribution is -2.49. The number of aliphatic hydroxyl groups excluding tert-OH is 1. The van der Waals surface area contributed by atoms with Crippen molar-refractivity contribution in [1.29, 1.82) is 0 Å². The maximum absolute atomic E-state index is 11.2. The van der Waals surface area contributed by atoms with Gasteiger partial charge in [0.25, 0.3) is 0 Å². The monoisotopic (exact) mass is 508 g/mol. The molecule has 1 saturated heterocycles. The molecule has 1 aliphatic heterocycles. The fraction of sp³-hybridized carbons (Fsp3) is 0.520. The zero-order valence-corrected chi connectivity index (χ0v) is 21.7. The summed E-state index contributed by atoms with van der Waals surface area (Å²) in [4.78, 5) is 20.5. The number of hydrogen-bond donors (Lipinski definition) is 3. The smallest absolute Gasteiger partial charge is 0.239 e. The number of aliphatic hydroxyl groups is 1. The number of methoxy groups -OCH3 is 1. The lowest BCUT2D eigenvalue weighted by molar-refractivity contribution is -0.0605. The van der Waals surface area contributed by atoms with E-state index in [0.717, 1.165) is 72.3 Å². The third kappa shape index (κ3) is 4.19. The van der Waals surface area contributed by atoms with Crippen LogP contribution in [0, 0.1) is 5.92 Å². The first-order valence-corrected chi connectivity index (χ1v) is 13.3. The summed E-state index contributed by atoms with van der Waals surface area (Å²) in [5, 5.41) is 23.6. The number of anilines is 2. The maximum Gasteiger partial charge on any atom is 0.239 e. The van der Waals surface area contributed by atoms with Crippen molar-refractivity contribution in [3.05, 3.63) is 29.0 Å². The van der Waals surface area contributed by atoms with Crippen molar-refractivity contribution >= 4 is 44.1 Å². The zero-order valence-electron chi connectivity index (χ0n) is 20.9. The van der Waals surface area contributed by atoms with Gasteiger partial charge >= 0.3 is 0 Å². The Morgan fingerprint density at radius 3 is 2.86 bits per heavy atom. The van der Waals surface area contributed by atoms with Gasteiger partial charge in [-0.2, -0.15) is 10.1 Å². The Morgan fingerprint density at radius 1 is 1.25 bits per heavy atom. The van der Waals surface area contributed by atoms with Gasteiger partial charge in [0.05, 0.1) is 18.7 Å². The number of thiophene rings is 1. The van der Waals surface area contributed by atoms with E-state index in [0.29, 0.717) is 17.6 Å². The molecule has 3 N–H and O–H groups in total. The summed E-state index contributed by atoms with van der Waals surface area (Å²) in [5.74, 6) is 1.47. The van der Waals surface area contributed by atoms with E-state index in [2.05, 4.69) is 54.4 Å². The normalized spacial score (nSPS) is 20.2. The Balaban J connectivity index is 1.25. The first kappa shape index (κ1) is 23.5. The molecule has 0 amide bonds. The lowest BCUT2D eigenvalue weighted by atomic mass is 9.85. The van der Waals surface area contributed by atoms with Crippen molar-refractivity contribution in [3.63, 3.8) is 0 Å². The van der Waals surface area contributed by atoms with E-state index >= 15 is 0 Å². The number of fused-ring (bicyclic) bond motifs is 4. The second-order valence-electron chi connectivity index (χ2n) is 10.0. The maximum atomic E-state index is 11.2. The molecule has 0 saturated carbocycles. The van der Waals surface area contributed by atoms with Crippen molar-refractivity contribution in [1.82, 2.24) is 34.9 Å². The number of likely N-dealkylation sites (tertiary alicyclic amines) is 1. The molecule has 0 aromatic carbocycles. The average Bonchev–Trinajstić information content (AvgIpc) is 3.51. The number of nitrogens with one attached hydrogen (secondary N) is 2. The third-order valence-electron chi connectivity index (χ3n) is 7.75. The predicted octanol–water partition coefficient (Wildman–Crippen LogP) is 3.16. The Hall–Kier alpha value is -2.86. The van der Waals surface area contributed by atoms with E-state index in [1.54, 1.807) is 31.0 Å². The first-order valence-electron chi connectivity index (χ1n) is 12.5. The van der Waals surface area contributed by atoms with Crippen LogP contribution in [0.25, 0.3) is 21.3 Å². The Morgan fingerprint density at radius 2 is 2.08 bits per heavy atom. The van der Waals surface area contributed by atoms with Crippen LogP contribution in [0.3, 0.4) is 0 Å². The van der Waals surface area contributed by atoms with Crippen LogP contribution in [0.4, 0.5) is 11.5 Å².